The maximum atomic E-state index is 11.6. The number of nitro groups is 1. The summed E-state index contributed by atoms with van der Waals surface area (Å²) in [7, 11) is 0. The summed E-state index contributed by atoms with van der Waals surface area (Å²) in [6.07, 6.45) is 0.527. The Morgan fingerprint density at radius 2 is 1.41 bits per heavy atom. The lowest BCUT2D eigenvalue weighted by atomic mass is 10.1. The third-order valence-corrected chi connectivity index (χ3v) is 4.81. The maximum Gasteiger partial charge on any atom is 0.269 e. The first-order valence-electron chi connectivity index (χ1n) is 10.2. The molecule has 2 heterocycles. The number of ether oxygens (including phenoxy) is 2. The third kappa shape index (κ3) is 7.33. The number of amides is 2. The molecule has 0 radical (unpaired) electrons. The molecule has 0 aliphatic carbocycles. The van der Waals surface area contributed by atoms with Crippen LogP contribution in [0.1, 0.15) is 11.1 Å². The predicted molar refractivity (Wildman–Crippen MR) is 117 cm³/mol. The third-order valence-electron chi connectivity index (χ3n) is 4.81. The first-order valence-corrected chi connectivity index (χ1v) is 10.2. The molecule has 2 aromatic carbocycles. The van der Waals surface area contributed by atoms with Crippen molar-refractivity contribution in [3.63, 3.8) is 0 Å². The monoisotopic (exact) mass is 442 g/mol. The number of hydrogen-bond donors (Lipinski definition) is 3. The molecule has 0 spiro atoms. The Morgan fingerprint density at radius 3 is 1.84 bits per heavy atom. The Bertz CT molecular complexity index is 959. The van der Waals surface area contributed by atoms with Crippen LogP contribution in [0, 0.1) is 10.1 Å². The molecule has 2 saturated heterocycles. The van der Waals surface area contributed by atoms with Crippen LogP contribution in [-0.4, -0.2) is 55.2 Å². The molecule has 2 fully saturated rings. The number of nitrogens with two attached hydrogens (primary N) is 1. The highest BCUT2D eigenvalue weighted by molar-refractivity contribution is 5.79. The summed E-state index contributed by atoms with van der Waals surface area (Å²) in [5.74, 6) is -0.118. The highest BCUT2D eigenvalue weighted by Crippen LogP contribution is 2.13. The molecule has 2 amide bonds. The number of carbonyl (C=O) groups is 2. The average Bonchev–Trinajstić information content (AvgIpc) is 2.68. The first kappa shape index (κ1) is 23.2. The zero-order valence-corrected chi connectivity index (χ0v) is 17.5. The van der Waals surface area contributed by atoms with Crippen molar-refractivity contribution >= 4 is 23.2 Å². The molecule has 170 valence electrons. The molecule has 0 aromatic heterocycles. The van der Waals surface area contributed by atoms with E-state index in [0.29, 0.717) is 44.1 Å². The van der Waals surface area contributed by atoms with Crippen LogP contribution in [0.15, 0.2) is 48.5 Å². The normalized spacial score (nSPS) is 15.4. The van der Waals surface area contributed by atoms with Crippen molar-refractivity contribution in [1.82, 2.24) is 10.6 Å². The Morgan fingerprint density at radius 1 is 0.906 bits per heavy atom. The zero-order chi connectivity index (χ0) is 22.9. The van der Waals surface area contributed by atoms with Crippen LogP contribution >= 0.6 is 0 Å². The summed E-state index contributed by atoms with van der Waals surface area (Å²) in [5, 5.41) is 16.2. The molecule has 0 unspecified atom stereocenters. The van der Waals surface area contributed by atoms with Crippen molar-refractivity contribution < 1.29 is 24.0 Å². The molecule has 0 saturated carbocycles. The second-order valence-electron chi connectivity index (χ2n) is 7.63. The first-order chi connectivity index (χ1) is 15.4. The Balaban J connectivity index is 0.000000182. The van der Waals surface area contributed by atoms with Gasteiger partial charge in [0.1, 0.15) is 0 Å². The molecule has 32 heavy (non-hydrogen) atoms. The Kier molecular flexibility index (Phi) is 8.12. The number of nitrogen functional groups attached to an aromatic ring is 1. The van der Waals surface area contributed by atoms with Gasteiger partial charge in [-0.3, -0.25) is 19.7 Å². The van der Waals surface area contributed by atoms with Crippen LogP contribution in [0.25, 0.3) is 0 Å². The lowest BCUT2D eigenvalue weighted by molar-refractivity contribution is -0.384. The van der Waals surface area contributed by atoms with Gasteiger partial charge in [0.25, 0.3) is 5.69 Å². The summed E-state index contributed by atoms with van der Waals surface area (Å²) in [5.41, 5.74) is 7.88. The molecule has 2 aromatic rings. The molecule has 4 N–H and O–H groups in total. The van der Waals surface area contributed by atoms with Gasteiger partial charge in [-0.1, -0.05) is 24.3 Å². The lowest BCUT2D eigenvalue weighted by Crippen LogP contribution is -2.49. The van der Waals surface area contributed by atoms with Crippen LogP contribution in [-0.2, 0) is 31.9 Å². The number of carbonyl (C=O) groups excluding carboxylic acids is 2. The number of hydrogen-bond acceptors (Lipinski definition) is 7. The largest absolute Gasteiger partial charge is 0.399 e. The zero-order valence-electron chi connectivity index (χ0n) is 17.5. The predicted octanol–water partition coefficient (Wildman–Crippen LogP) is 0.979. The van der Waals surface area contributed by atoms with Crippen LogP contribution in [0.4, 0.5) is 11.4 Å². The fraction of sp³-hybridized carbons (Fsp3) is 0.364. The average molecular weight is 442 g/mol. The van der Waals surface area contributed by atoms with Gasteiger partial charge in [-0.2, -0.15) is 0 Å². The highest BCUT2D eigenvalue weighted by atomic mass is 16.6. The van der Waals surface area contributed by atoms with E-state index < -0.39 is 4.92 Å². The standard InChI is InChI=1S/C11H12N2O4.C11H14N2O2/c14-11(12-9-6-17-7-9)5-8-2-1-3-10(4-8)13(15)16;12-9-3-1-2-8(4-9)5-11(14)13-10-6-15-7-10/h1-4,9H,5-7H2,(H,12,14);1-4,10H,5-7,12H2,(H,13,14). The summed E-state index contributed by atoms with van der Waals surface area (Å²) in [6.45, 7) is 2.34. The molecule has 4 rings (SSSR count). The van der Waals surface area contributed by atoms with Crippen LogP contribution in [0.5, 0.6) is 0 Å². The molecule has 2 aliphatic rings. The quantitative estimate of drug-likeness (QED) is 0.329. The van der Waals surface area contributed by atoms with Crippen molar-refractivity contribution in [1.29, 1.82) is 0 Å². The van der Waals surface area contributed by atoms with Gasteiger partial charge in [0.2, 0.25) is 11.8 Å². The molecule has 2 aliphatic heterocycles. The number of nitrogens with zero attached hydrogens (tertiary/aromatic N) is 1. The summed E-state index contributed by atoms with van der Waals surface area (Å²) in [6, 6.07) is 13.7. The molecule has 0 bridgehead atoms. The van der Waals surface area contributed by atoms with Crippen molar-refractivity contribution in [3.05, 3.63) is 69.8 Å². The fourth-order valence-electron chi connectivity index (χ4n) is 3.05. The molecular weight excluding hydrogens is 416 g/mol. The van der Waals surface area contributed by atoms with E-state index in [-0.39, 0.29) is 36.0 Å². The highest BCUT2D eigenvalue weighted by Gasteiger charge is 2.21. The van der Waals surface area contributed by atoms with E-state index in [1.54, 1.807) is 18.2 Å². The minimum atomic E-state index is -0.471. The molecule has 10 heteroatoms. The van der Waals surface area contributed by atoms with E-state index in [1.165, 1.54) is 12.1 Å². The van der Waals surface area contributed by atoms with Gasteiger partial charge < -0.3 is 25.8 Å². The summed E-state index contributed by atoms with van der Waals surface area (Å²) >= 11 is 0. The van der Waals surface area contributed by atoms with Gasteiger partial charge in [-0.25, -0.2) is 0 Å². The van der Waals surface area contributed by atoms with E-state index in [0.717, 1.165) is 5.56 Å². The lowest BCUT2D eigenvalue weighted by Gasteiger charge is -2.26. The van der Waals surface area contributed by atoms with Gasteiger partial charge in [-0.15, -0.1) is 0 Å². The van der Waals surface area contributed by atoms with Gasteiger partial charge in [-0.05, 0) is 23.3 Å². The fourth-order valence-corrected chi connectivity index (χ4v) is 3.05. The van der Waals surface area contributed by atoms with E-state index >= 15 is 0 Å². The summed E-state index contributed by atoms with van der Waals surface area (Å²) < 4.78 is 9.90. The molecule has 10 nitrogen and oxygen atoms in total. The smallest absolute Gasteiger partial charge is 0.269 e. The van der Waals surface area contributed by atoms with Gasteiger partial charge in [0.15, 0.2) is 0 Å². The van der Waals surface area contributed by atoms with Crippen molar-refractivity contribution in [3.8, 4) is 0 Å². The topological polar surface area (TPSA) is 146 Å². The Hall–Kier alpha value is -3.50. The van der Waals surface area contributed by atoms with E-state index in [9.17, 15) is 19.7 Å². The Labute approximate surface area is 185 Å². The number of rotatable bonds is 7. The van der Waals surface area contributed by atoms with Gasteiger partial charge >= 0.3 is 0 Å². The minimum Gasteiger partial charge on any atom is -0.399 e. The molecular formula is C22H26N4O6. The summed E-state index contributed by atoms with van der Waals surface area (Å²) in [4.78, 5) is 33.2. The van der Waals surface area contributed by atoms with Crippen molar-refractivity contribution in [2.75, 3.05) is 32.2 Å². The van der Waals surface area contributed by atoms with Crippen LogP contribution in [0.3, 0.4) is 0 Å². The number of nitrogens with one attached hydrogen (secondary N) is 2. The maximum absolute atomic E-state index is 11.6. The SMILES string of the molecule is Nc1cccc(CC(=O)NC2COC2)c1.O=C(Cc1cccc([N+](=O)[O-])c1)NC1COC1. The number of benzene rings is 2. The van der Waals surface area contributed by atoms with Gasteiger partial charge in [0.05, 0.1) is 56.3 Å². The second kappa shape index (κ2) is 11.2. The molecule has 0 atom stereocenters. The van der Waals surface area contributed by atoms with E-state index in [2.05, 4.69) is 10.6 Å². The van der Waals surface area contributed by atoms with Crippen molar-refractivity contribution in [2.45, 2.75) is 24.9 Å². The van der Waals surface area contributed by atoms with Crippen LogP contribution in [0.2, 0.25) is 0 Å². The minimum absolute atomic E-state index is 0.00211. The van der Waals surface area contributed by atoms with E-state index in [4.69, 9.17) is 15.2 Å². The van der Waals surface area contributed by atoms with Crippen LogP contribution < -0.4 is 16.4 Å². The second-order valence-corrected chi connectivity index (χ2v) is 7.63. The van der Waals surface area contributed by atoms with E-state index in [1.807, 2.05) is 18.2 Å². The van der Waals surface area contributed by atoms with Crippen molar-refractivity contribution in [2.24, 2.45) is 0 Å². The van der Waals surface area contributed by atoms with Gasteiger partial charge in [0, 0.05) is 17.8 Å². The number of nitro benzene ring substituents is 1. The number of anilines is 1. The number of non-ortho nitro benzene ring substituents is 1.